The quantitative estimate of drug-likeness (QED) is 0.625. The molecule has 0 amide bonds. The van der Waals surface area contributed by atoms with E-state index in [2.05, 4.69) is 31.9 Å². The summed E-state index contributed by atoms with van der Waals surface area (Å²) in [7, 11) is 0. The Kier molecular flexibility index (Phi) is 1.83. The molecular weight excluding hydrogens is 264 g/mol. The number of alkyl halides is 2. The Hall–Kier alpha value is 0.880. The van der Waals surface area contributed by atoms with Crippen molar-refractivity contribution in [2.24, 2.45) is 11.8 Å². The van der Waals surface area contributed by atoms with Crippen molar-refractivity contribution < 1.29 is 9.47 Å². The maximum atomic E-state index is 5.20. The SMILES string of the molecule is BrC1(Br)C2COCOC[C@@H]21. The van der Waals surface area contributed by atoms with Gasteiger partial charge in [0.05, 0.1) is 16.4 Å². The number of ether oxygens (including phenoxy) is 2. The summed E-state index contributed by atoms with van der Waals surface area (Å²) in [6.45, 7) is 2.07. The van der Waals surface area contributed by atoms with Gasteiger partial charge in [0.25, 0.3) is 0 Å². The first-order valence-corrected chi connectivity index (χ1v) is 4.85. The molecule has 10 heavy (non-hydrogen) atoms. The number of fused-ring (bicyclic) bond motifs is 1. The second kappa shape index (κ2) is 2.44. The molecule has 4 heteroatoms. The lowest BCUT2D eigenvalue weighted by molar-refractivity contribution is -0.0420. The van der Waals surface area contributed by atoms with E-state index < -0.39 is 0 Å². The van der Waals surface area contributed by atoms with Gasteiger partial charge in [-0.05, 0) is 0 Å². The summed E-state index contributed by atoms with van der Waals surface area (Å²) in [5.74, 6) is 1.19. The first-order valence-electron chi connectivity index (χ1n) is 3.26. The molecule has 1 aliphatic carbocycles. The van der Waals surface area contributed by atoms with Gasteiger partial charge < -0.3 is 9.47 Å². The molecule has 0 aromatic rings. The van der Waals surface area contributed by atoms with E-state index in [-0.39, 0.29) is 3.23 Å². The lowest BCUT2D eigenvalue weighted by Gasteiger charge is -2.04. The molecule has 2 fully saturated rings. The minimum Gasteiger partial charge on any atom is -0.355 e. The van der Waals surface area contributed by atoms with E-state index in [1.165, 1.54) is 0 Å². The number of rotatable bonds is 0. The Morgan fingerprint density at radius 1 is 1.10 bits per heavy atom. The van der Waals surface area contributed by atoms with Gasteiger partial charge in [-0.25, -0.2) is 0 Å². The summed E-state index contributed by atoms with van der Waals surface area (Å²) < 4.78 is 10.5. The Balaban J connectivity index is 2.01. The topological polar surface area (TPSA) is 18.5 Å². The Morgan fingerprint density at radius 3 is 2.10 bits per heavy atom. The van der Waals surface area contributed by atoms with Gasteiger partial charge in [-0.3, -0.25) is 0 Å². The van der Waals surface area contributed by atoms with E-state index in [9.17, 15) is 0 Å². The molecule has 2 atom stereocenters. The molecule has 0 N–H and O–H groups in total. The van der Waals surface area contributed by atoms with Crippen LogP contribution >= 0.6 is 31.9 Å². The smallest absolute Gasteiger partial charge is 0.146 e. The molecule has 2 nitrogen and oxygen atoms in total. The van der Waals surface area contributed by atoms with Gasteiger partial charge in [-0.1, -0.05) is 31.9 Å². The molecule has 58 valence electrons. The van der Waals surface area contributed by atoms with E-state index >= 15 is 0 Å². The predicted molar refractivity (Wildman–Crippen MR) is 44.3 cm³/mol. The predicted octanol–water partition coefficient (Wildman–Crippen LogP) is 1.72. The van der Waals surface area contributed by atoms with Gasteiger partial charge in [-0.15, -0.1) is 0 Å². The van der Waals surface area contributed by atoms with Crippen molar-refractivity contribution in [1.29, 1.82) is 0 Å². The van der Waals surface area contributed by atoms with Crippen LogP contribution in [-0.4, -0.2) is 23.2 Å². The number of hydrogen-bond donors (Lipinski definition) is 0. The zero-order chi connectivity index (χ0) is 7.19. The van der Waals surface area contributed by atoms with Crippen LogP contribution in [0.4, 0.5) is 0 Å². The van der Waals surface area contributed by atoms with E-state index in [1.807, 2.05) is 0 Å². The van der Waals surface area contributed by atoms with Crippen molar-refractivity contribution in [2.45, 2.75) is 3.23 Å². The Morgan fingerprint density at radius 2 is 1.60 bits per heavy atom. The third kappa shape index (κ3) is 1.05. The number of hydrogen-bond acceptors (Lipinski definition) is 2. The highest BCUT2D eigenvalue weighted by atomic mass is 79.9. The third-order valence-corrected chi connectivity index (χ3v) is 4.48. The molecule has 1 saturated carbocycles. The van der Waals surface area contributed by atoms with Crippen LogP contribution in [-0.2, 0) is 9.47 Å². The van der Waals surface area contributed by atoms with Crippen molar-refractivity contribution in [3.63, 3.8) is 0 Å². The molecule has 1 unspecified atom stereocenters. The highest BCUT2D eigenvalue weighted by Crippen LogP contribution is 2.62. The lowest BCUT2D eigenvalue weighted by atomic mass is 10.3. The second-order valence-electron chi connectivity index (χ2n) is 2.75. The Labute approximate surface area is 76.5 Å². The van der Waals surface area contributed by atoms with Crippen molar-refractivity contribution in [3.8, 4) is 0 Å². The summed E-state index contributed by atoms with van der Waals surface area (Å²) >= 11 is 7.14. The minimum absolute atomic E-state index is 0.112. The van der Waals surface area contributed by atoms with Crippen LogP contribution in [0.25, 0.3) is 0 Å². The molecule has 0 radical (unpaired) electrons. The summed E-state index contributed by atoms with van der Waals surface area (Å²) in [6.07, 6.45) is 0. The first kappa shape index (κ1) is 7.53. The van der Waals surface area contributed by atoms with Gasteiger partial charge in [0.15, 0.2) is 0 Å². The van der Waals surface area contributed by atoms with Gasteiger partial charge in [0, 0.05) is 11.8 Å². The fourth-order valence-electron chi connectivity index (χ4n) is 1.32. The lowest BCUT2D eigenvalue weighted by Crippen LogP contribution is -2.05. The largest absolute Gasteiger partial charge is 0.355 e. The summed E-state index contributed by atoms with van der Waals surface area (Å²) in [5.41, 5.74) is 0. The summed E-state index contributed by atoms with van der Waals surface area (Å²) in [4.78, 5) is 0. The second-order valence-corrected chi connectivity index (χ2v) is 6.44. The minimum atomic E-state index is 0.112. The fourth-order valence-corrected chi connectivity index (χ4v) is 2.86. The molecule has 0 aromatic heterocycles. The van der Waals surface area contributed by atoms with Gasteiger partial charge in [0.1, 0.15) is 6.79 Å². The molecule has 0 spiro atoms. The van der Waals surface area contributed by atoms with Crippen LogP contribution in [0.1, 0.15) is 0 Å². The van der Waals surface area contributed by atoms with Gasteiger partial charge in [0.2, 0.25) is 0 Å². The van der Waals surface area contributed by atoms with E-state index in [0.29, 0.717) is 18.6 Å². The molecule has 1 saturated heterocycles. The summed E-state index contributed by atoms with van der Waals surface area (Å²) in [5, 5.41) is 0. The van der Waals surface area contributed by atoms with Crippen molar-refractivity contribution in [1.82, 2.24) is 0 Å². The van der Waals surface area contributed by atoms with Crippen LogP contribution in [0.5, 0.6) is 0 Å². The van der Waals surface area contributed by atoms with Crippen LogP contribution in [0.2, 0.25) is 0 Å². The highest BCUT2D eigenvalue weighted by Gasteiger charge is 2.62. The maximum Gasteiger partial charge on any atom is 0.146 e. The molecule has 0 aromatic carbocycles. The van der Waals surface area contributed by atoms with Crippen LogP contribution in [0.15, 0.2) is 0 Å². The number of halogens is 2. The molecular formula is C6H8Br2O2. The first-order chi connectivity index (χ1) is 4.73. The Bertz CT molecular complexity index is 135. The van der Waals surface area contributed by atoms with E-state index in [0.717, 1.165) is 13.2 Å². The van der Waals surface area contributed by atoms with E-state index in [1.54, 1.807) is 0 Å². The zero-order valence-electron chi connectivity index (χ0n) is 5.35. The van der Waals surface area contributed by atoms with Gasteiger partial charge in [-0.2, -0.15) is 0 Å². The van der Waals surface area contributed by atoms with Crippen molar-refractivity contribution in [2.75, 3.05) is 20.0 Å². The van der Waals surface area contributed by atoms with E-state index in [4.69, 9.17) is 9.47 Å². The standard InChI is InChI=1S/C6H8Br2O2/c7-6(8)4-1-9-3-10-2-5(4)6/h4-5H,1-3H2/t4-,5?/m0/s1. The maximum absolute atomic E-state index is 5.20. The fraction of sp³-hybridized carbons (Fsp3) is 1.00. The van der Waals surface area contributed by atoms with Crippen LogP contribution in [0, 0.1) is 11.8 Å². The average molecular weight is 272 g/mol. The molecule has 1 aliphatic heterocycles. The molecule has 0 bridgehead atoms. The van der Waals surface area contributed by atoms with Crippen LogP contribution < -0.4 is 0 Å². The molecule has 2 rings (SSSR count). The van der Waals surface area contributed by atoms with Crippen molar-refractivity contribution >= 4 is 31.9 Å². The normalized spacial score (nSPS) is 43.8. The average Bonchev–Trinajstić information content (AvgIpc) is 2.47. The molecule has 1 heterocycles. The third-order valence-electron chi connectivity index (χ3n) is 2.13. The molecule has 2 aliphatic rings. The monoisotopic (exact) mass is 270 g/mol. The van der Waals surface area contributed by atoms with Crippen molar-refractivity contribution in [3.05, 3.63) is 0 Å². The van der Waals surface area contributed by atoms with Gasteiger partial charge >= 0.3 is 0 Å². The highest BCUT2D eigenvalue weighted by molar-refractivity contribution is 9.25. The summed E-state index contributed by atoms with van der Waals surface area (Å²) in [6, 6.07) is 0. The zero-order valence-corrected chi connectivity index (χ0v) is 8.52. The van der Waals surface area contributed by atoms with Crippen LogP contribution in [0.3, 0.4) is 0 Å².